The maximum Gasteiger partial charge on any atom is 0.305 e. The molecule has 0 atom stereocenters. The Morgan fingerprint density at radius 1 is 1.07 bits per heavy atom. The van der Waals surface area contributed by atoms with Crippen molar-refractivity contribution in [3.63, 3.8) is 0 Å². The number of furan rings is 1. The number of aryl methyl sites for hydroxylation is 2. The molecule has 2 N–H and O–H groups in total. The molecule has 0 spiro atoms. The molecule has 4 rings (SSSR count). The molecule has 2 aromatic carbocycles. The van der Waals surface area contributed by atoms with Gasteiger partial charge in [0.05, 0.1) is 15.2 Å². The van der Waals surface area contributed by atoms with Gasteiger partial charge in [0.2, 0.25) is 5.91 Å². The number of carbonyl (C=O) groups is 2. The fourth-order valence-corrected chi connectivity index (χ4v) is 4.07. The molecule has 0 aliphatic carbocycles. The molecule has 0 aliphatic heterocycles. The summed E-state index contributed by atoms with van der Waals surface area (Å²) in [5.41, 5.74) is 7.26. The van der Waals surface area contributed by atoms with E-state index in [1.54, 1.807) is 17.4 Å². The summed E-state index contributed by atoms with van der Waals surface area (Å²) in [6.07, 6.45) is 1.68. The Morgan fingerprint density at radius 3 is 2.68 bits per heavy atom. The van der Waals surface area contributed by atoms with Crippen molar-refractivity contribution in [2.75, 3.05) is 0 Å². The Bertz CT molecular complexity index is 1130. The Kier molecular flexibility index (Phi) is 5.08. The summed E-state index contributed by atoms with van der Waals surface area (Å²) in [6, 6.07) is 15.4. The number of para-hydroxylation sites is 2. The highest BCUT2D eigenvalue weighted by Gasteiger charge is 2.17. The molecule has 0 fully saturated rings. The quantitative estimate of drug-likeness (QED) is 0.499. The Balaban J connectivity index is 1.27. The van der Waals surface area contributed by atoms with Crippen molar-refractivity contribution in [1.82, 2.24) is 15.8 Å². The van der Waals surface area contributed by atoms with Crippen molar-refractivity contribution in [2.24, 2.45) is 0 Å². The van der Waals surface area contributed by atoms with E-state index in [9.17, 15) is 9.59 Å². The molecule has 28 heavy (non-hydrogen) atoms. The van der Waals surface area contributed by atoms with Crippen LogP contribution in [-0.2, 0) is 11.2 Å². The van der Waals surface area contributed by atoms with Gasteiger partial charge in [0.15, 0.2) is 5.76 Å². The van der Waals surface area contributed by atoms with Crippen LogP contribution in [0.3, 0.4) is 0 Å². The normalized spacial score (nSPS) is 11.0. The second-order valence-corrected chi connectivity index (χ2v) is 7.60. The van der Waals surface area contributed by atoms with Crippen molar-refractivity contribution >= 4 is 44.3 Å². The van der Waals surface area contributed by atoms with E-state index in [-0.39, 0.29) is 11.7 Å². The number of amides is 2. The predicted octanol–water partition coefficient (Wildman–Crippen LogP) is 4.13. The van der Waals surface area contributed by atoms with Crippen molar-refractivity contribution < 1.29 is 14.0 Å². The van der Waals surface area contributed by atoms with E-state index in [2.05, 4.69) is 15.8 Å². The molecule has 2 amide bonds. The van der Waals surface area contributed by atoms with Crippen molar-refractivity contribution in [1.29, 1.82) is 0 Å². The second kappa shape index (κ2) is 7.82. The largest absolute Gasteiger partial charge is 0.451 e. The SMILES string of the molecule is Cc1c(C(=O)NNC(=O)CCCc2nc3ccccc3s2)oc2ccccc12. The van der Waals surface area contributed by atoms with Gasteiger partial charge < -0.3 is 4.42 Å². The first-order valence-electron chi connectivity index (χ1n) is 9.03. The highest BCUT2D eigenvalue weighted by atomic mass is 32.1. The van der Waals surface area contributed by atoms with Gasteiger partial charge in [0.1, 0.15) is 5.58 Å². The Labute approximate surface area is 165 Å². The number of hydrogen-bond acceptors (Lipinski definition) is 5. The highest BCUT2D eigenvalue weighted by Crippen LogP contribution is 2.25. The molecule has 7 heteroatoms. The van der Waals surface area contributed by atoms with Gasteiger partial charge in [-0.1, -0.05) is 30.3 Å². The lowest BCUT2D eigenvalue weighted by Gasteiger charge is -2.06. The molecule has 0 saturated heterocycles. The fourth-order valence-electron chi connectivity index (χ4n) is 3.06. The van der Waals surface area contributed by atoms with Crippen LogP contribution in [-0.4, -0.2) is 16.8 Å². The Morgan fingerprint density at radius 2 is 1.86 bits per heavy atom. The minimum atomic E-state index is -0.465. The highest BCUT2D eigenvalue weighted by molar-refractivity contribution is 7.18. The molecule has 0 aliphatic rings. The van der Waals surface area contributed by atoms with Crippen LogP contribution >= 0.6 is 11.3 Å². The van der Waals surface area contributed by atoms with Gasteiger partial charge in [0, 0.05) is 17.4 Å². The molecule has 0 unspecified atom stereocenters. The molecule has 4 aromatic rings. The summed E-state index contributed by atoms with van der Waals surface area (Å²) >= 11 is 1.64. The molecular formula is C21H19N3O3S. The van der Waals surface area contributed by atoms with Crippen LogP contribution in [0.4, 0.5) is 0 Å². The van der Waals surface area contributed by atoms with E-state index in [0.29, 0.717) is 18.4 Å². The number of carbonyl (C=O) groups excluding carboxylic acids is 2. The number of benzene rings is 2. The van der Waals surface area contributed by atoms with E-state index in [4.69, 9.17) is 4.42 Å². The number of nitrogens with zero attached hydrogens (tertiary/aromatic N) is 1. The van der Waals surface area contributed by atoms with Crippen molar-refractivity contribution in [3.8, 4) is 0 Å². The number of nitrogens with one attached hydrogen (secondary N) is 2. The molecule has 0 radical (unpaired) electrons. The smallest absolute Gasteiger partial charge is 0.305 e. The van der Waals surface area contributed by atoms with Gasteiger partial charge in [-0.05, 0) is 38.0 Å². The summed E-state index contributed by atoms with van der Waals surface area (Å²) < 4.78 is 6.74. The monoisotopic (exact) mass is 393 g/mol. The van der Waals surface area contributed by atoms with Crippen LogP contribution in [0.25, 0.3) is 21.2 Å². The first-order chi connectivity index (χ1) is 13.6. The third-order valence-electron chi connectivity index (χ3n) is 4.50. The summed E-state index contributed by atoms with van der Waals surface area (Å²) in [7, 11) is 0. The zero-order valence-corrected chi connectivity index (χ0v) is 16.1. The Hall–Kier alpha value is -3.19. The zero-order chi connectivity index (χ0) is 19.5. The molecule has 0 bridgehead atoms. The van der Waals surface area contributed by atoms with Crippen LogP contribution in [0.2, 0.25) is 0 Å². The standard InChI is InChI=1S/C21H19N3O3S/c1-13-14-7-2-4-9-16(14)27-20(13)21(26)24-23-18(25)11-6-12-19-22-15-8-3-5-10-17(15)28-19/h2-5,7-10H,6,11-12H2,1H3,(H,23,25)(H,24,26). The van der Waals surface area contributed by atoms with E-state index < -0.39 is 5.91 Å². The van der Waals surface area contributed by atoms with Gasteiger partial charge >= 0.3 is 5.91 Å². The first kappa shape index (κ1) is 18.2. The van der Waals surface area contributed by atoms with Crippen LogP contribution in [0.5, 0.6) is 0 Å². The van der Waals surface area contributed by atoms with E-state index in [1.165, 1.54) is 0 Å². The van der Waals surface area contributed by atoms with Gasteiger partial charge in [-0.25, -0.2) is 4.98 Å². The number of hydrazine groups is 1. The summed E-state index contributed by atoms with van der Waals surface area (Å²) in [4.78, 5) is 28.9. The lowest BCUT2D eigenvalue weighted by molar-refractivity contribution is -0.121. The third kappa shape index (κ3) is 3.75. The van der Waals surface area contributed by atoms with Gasteiger partial charge in [-0.15, -0.1) is 11.3 Å². The summed E-state index contributed by atoms with van der Waals surface area (Å²) in [5, 5.41) is 1.89. The summed E-state index contributed by atoms with van der Waals surface area (Å²) in [5.74, 6) is -0.507. The molecule has 0 saturated carbocycles. The van der Waals surface area contributed by atoms with Crippen LogP contribution in [0.15, 0.2) is 52.9 Å². The van der Waals surface area contributed by atoms with Gasteiger partial charge in [-0.3, -0.25) is 20.4 Å². The molecule has 2 aromatic heterocycles. The van der Waals surface area contributed by atoms with E-state index in [0.717, 1.165) is 32.6 Å². The van der Waals surface area contributed by atoms with E-state index >= 15 is 0 Å². The lowest BCUT2D eigenvalue weighted by atomic mass is 10.1. The number of aromatic nitrogens is 1. The second-order valence-electron chi connectivity index (χ2n) is 6.48. The number of fused-ring (bicyclic) bond motifs is 2. The average molecular weight is 393 g/mol. The van der Waals surface area contributed by atoms with Crippen LogP contribution in [0, 0.1) is 6.92 Å². The first-order valence-corrected chi connectivity index (χ1v) is 9.85. The number of thiazole rings is 1. The maximum absolute atomic E-state index is 12.3. The molecular weight excluding hydrogens is 374 g/mol. The van der Waals surface area contributed by atoms with Crippen molar-refractivity contribution in [2.45, 2.75) is 26.2 Å². The van der Waals surface area contributed by atoms with Crippen LogP contribution in [0.1, 0.15) is 34.0 Å². The fraction of sp³-hybridized carbons (Fsp3) is 0.190. The van der Waals surface area contributed by atoms with Gasteiger partial charge in [-0.2, -0.15) is 0 Å². The van der Waals surface area contributed by atoms with E-state index in [1.807, 2.05) is 49.4 Å². The molecule has 2 heterocycles. The van der Waals surface area contributed by atoms with Gasteiger partial charge in [0.25, 0.3) is 0 Å². The molecule has 6 nitrogen and oxygen atoms in total. The predicted molar refractivity (Wildman–Crippen MR) is 109 cm³/mol. The average Bonchev–Trinajstić information content (AvgIpc) is 3.27. The maximum atomic E-state index is 12.3. The summed E-state index contributed by atoms with van der Waals surface area (Å²) in [6.45, 7) is 1.82. The topological polar surface area (TPSA) is 84.2 Å². The third-order valence-corrected chi connectivity index (χ3v) is 5.59. The number of rotatable bonds is 5. The number of hydrogen-bond donors (Lipinski definition) is 2. The lowest BCUT2D eigenvalue weighted by Crippen LogP contribution is -2.41. The zero-order valence-electron chi connectivity index (χ0n) is 15.3. The minimum Gasteiger partial charge on any atom is -0.451 e. The minimum absolute atomic E-state index is 0.205. The van der Waals surface area contributed by atoms with Crippen molar-refractivity contribution in [3.05, 3.63) is 64.9 Å². The molecule has 142 valence electrons. The van der Waals surface area contributed by atoms with Crippen LogP contribution < -0.4 is 10.9 Å².